The van der Waals surface area contributed by atoms with Crippen molar-refractivity contribution in [3.05, 3.63) is 53.1 Å². The smallest absolute Gasteiger partial charge is 0.337 e. The van der Waals surface area contributed by atoms with E-state index in [0.717, 1.165) is 11.1 Å². The normalized spacial score (nSPS) is 10.5. The van der Waals surface area contributed by atoms with Crippen LogP contribution in [0, 0.1) is 6.92 Å². The summed E-state index contributed by atoms with van der Waals surface area (Å²) in [5.41, 5.74) is 2.75. The summed E-state index contributed by atoms with van der Waals surface area (Å²) in [6, 6.07) is 10.7. The zero-order chi connectivity index (χ0) is 20.7. The monoisotopic (exact) mass is 386 g/mol. The summed E-state index contributed by atoms with van der Waals surface area (Å²) in [5, 5.41) is 2.85. The second-order valence-electron chi connectivity index (χ2n) is 6.39. The van der Waals surface area contributed by atoms with Crippen molar-refractivity contribution in [3.8, 4) is 11.5 Å². The first-order valence-corrected chi connectivity index (χ1v) is 8.76. The van der Waals surface area contributed by atoms with E-state index in [9.17, 15) is 9.59 Å². The third-order valence-corrected chi connectivity index (χ3v) is 4.27. The van der Waals surface area contributed by atoms with Crippen molar-refractivity contribution in [1.29, 1.82) is 0 Å². The van der Waals surface area contributed by atoms with Gasteiger partial charge in [-0.25, -0.2) is 4.79 Å². The lowest BCUT2D eigenvalue weighted by Gasteiger charge is -2.19. The Bertz CT molecular complexity index is 851. The fraction of sp³-hybridized carbons (Fsp3) is 0.333. The largest absolute Gasteiger partial charge is 0.493 e. The Kier molecular flexibility index (Phi) is 7.40. The molecule has 0 aromatic heterocycles. The van der Waals surface area contributed by atoms with E-state index >= 15 is 0 Å². The number of carbonyl (C=O) groups is 2. The Morgan fingerprint density at radius 2 is 1.82 bits per heavy atom. The third kappa shape index (κ3) is 5.23. The van der Waals surface area contributed by atoms with Crippen molar-refractivity contribution in [2.45, 2.75) is 13.5 Å². The Labute approximate surface area is 165 Å². The number of hydrogen-bond acceptors (Lipinski definition) is 6. The Hall–Kier alpha value is -3.06. The number of anilines is 1. The molecular formula is C21H26N2O5. The van der Waals surface area contributed by atoms with Gasteiger partial charge in [0.25, 0.3) is 0 Å². The highest BCUT2D eigenvalue weighted by Crippen LogP contribution is 2.31. The lowest BCUT2D eigenvalue weighted by molar-refractivity contribution is -0.117. The quantitative estimate of drug-likeness (QED) is 0.703. The molecule has 0 aliphatic carbocycles. The maximum Gasteiger partial charge on any atom is 0.337 e. The number of hydrogen-bond donors (Lipinski definition) is 1. The van der Waals surface area contributed by atoms with Crippen molar-refractivity contribution >= 4 is 17.6 Å². The van der Waals surface area contributed by atoms with E-state index in [1.807, 2.05) is 37.1 Å². The predicted octanol–water partition coefficient (Wildman–Crippen LogP) is 2.87. The predicted molar refractivity (Wildman–Crippen MR) is 107 cm³/mol. The Morgan fingerprint density at radius 1 is 1.07 bits per heavy atom. The van der Waals surface area contributed by atoms with Gasteiger partial charge in [0.2, 0.25) is 5.91 Å². The van der Waals surface area contributed by atoms with Gasteiger partial charge >= 0.3 is 5.97 Å². The average molecular weight is 386 g/mol. The van der Waals surface area contributed by atoms with Gasteiger partial charge in [0.05, 0.1) is 33.4 Å². The molecule has 7 nitrogen and oxygen atoms in total. The maximum absolute atomic E-state index is 12.5. The van der Waals surface area contributed by atoms with E-state index in [4.69, 9.17) is 14.2 Å². The van der Waals surface area contributed by atoms with Gasteiger partial charge in [0.1, 0.15) is 0 Å². The van der Waals surface area contributed by atoms with Crippen molar-refractivity contribution in [2.24, 2.45) is 0 Å². The summed E-state index contributed by atoms with van der Waals surface area (Å²) >= 11 is 0. The summed E-state index contributed by atoms with van der Waals surface area (Å²) in [5.74, 6) is 0.666. The van der Waals surface area contributed by atoms with Gasteiger partial charge in [-0.1, -0.05) is 18.2 Å². The van der Waals surface area contributed by atoms with Crippen LogP contribution < -0.4 is 14.8 Å². The fourth-order valence-electron chi connectivity index (χ4n) is 2.86. The summed E-state index contributed by atoms with van der Waals surface area (Å²) in [4.78, 5) is 26.0. The van der Waals surface area contributed by atoms with Crippen molar-refractivity contribution in [3.63, 3.8) is 0 Å². The van der Waals surface area contributed by atoms with E-state index in [0.29, 0.717) is 29.3 Å². The second kappa shape index (κ2) is 9.75. The fourth-order valence-corrected chi connectivity index (χ4v) is 2.86. The van der Waals surface area contributed by atoms with Crippen molar-refractivity contribution in [1.82, 2.24) is 4.90 Å². The van der Waals surface area contributed by atoms with E-state index in [2.05, 4.69) is 5.32 Å². The number of likely N-dealkylation sites (N-methyl/N-ethyl adjacent to an activating group) is 1. The number of nitrogens with one attached hydrogen (secondary N) is 1. The van der Waals surface area contributed by atoms with Crippen LogP contribution in [0.2, 0.25) is 0 Å². The van der Waals surface area contributed by atoms with Crippen LogP contribution in [-0.2, 0) is 16.1 Å². The molecule has 0 saturated heterocycles. The molecule has 150 valence electrons. The molecule has 2 rings (SSSR count). The highest BCUT2D eigenvalue weighted by Gasteiger charge is 2.15. The number of amides is 1. The first-order valence-electron chi connectivity index (χ1n) is 8.76. The van der Waals surface area contributed by atoms with Crippen LogP contribution in [0.4, 0.5) is 5.69 Å². The van der Waals surface area contributed by atoms with Crippen LogP contribution in [0.25, 0.3) is 0 Å². The molecule has 7 heteroatoms. The number of esters is 1. The first-order chi connectivity index (χ1) is 13.4. The molecular weight excluding hydrogens is 360 g/mol. The maximum atomic E-state index is 12.5. The topological polar surface area (TPSA) is 77.1 Å². The Balaban J connectivity index is 2.05. The zero-order valence-electron chi connectivity index (χ0n) is 16.9. The number of aryl methyl sites for hydroxylation is 1. The zero-order valence-corrected chi connectivity index (χ0v) is 16.9. The molecule has 0 fully saturated rings. The molecule has 0 heterocycles. The number of rotatable bonds is 8. The molecule has 0 aliphatic rings. The lowest BCUT2D eigenvalue weighted by Crippen LogP contribution is -2.30. The highest BCUT2D eigenvalue weighted by molar-refractivity contribution is 5.96. The second-order valence-corrected chi connectivity index (χ2v) is 6.39. The molecule has 2 aromatic rings. The summed E-state index contributed by atoms with van der Waals surface area (Å²) < 4.78 is 15.5. The van der Waals surface area contributed by atoms with Crippen LogP contribution in [-0.4, -0.2) is 51.7 Å². The SMILES string of the molecule is COC(=O)c1ccc(C)c(NC(=O)CN(C)Cc2cccc(OC)c2OC)c1. The Morgan fingerprint density at radius 3 is 2.46 bits per heavy atom. The molecule has 0 aliphatic heterocycles. The van der Waals surface area contributed by atoms with E-state index in [1.165, 1.54) is 7.11 Å². The number of nitrogens with zero attached hydrogens (tertiary/aromatic N) is 1. The minimum atomic E-state index is -0.447. The van der Waals surface area contributed by atoms with Gasteiger partial charge in [-0.3, -0.25) is 9.69 Å². The standard InChI is InChI=1S/C21H26N2O5/c1-14-9-10-15(21(25)28-5)11-17(14)22-19(24)13-23(2)12-16-7-6-8-18(26-3)20(16)27-4/h6-11H,12-13H2,1-5H3,(H,22,24). The van der Waals surface area contributed by atoms with Gasteiger partial charge in [-0.15, -0.1) is 0 Å². The molecule has 2 aromatic carbocycles. The molecule has 28 heavy (non-hydrogen) atoms. The number of ether oxygens (including phenoxy) is 3. The van der Waals surface area contributed by atoms with Gasteiger partial charge in [0.15, 0.2) is 11.5 Å². The minimum Gasteiger partial charge on any atom is -0.493 e. The summed E-state index contributed by atoms with van der Waals surface area (Å²) in [7, 11) is 6.34. The van der Waals surface area contributed by atoms with Gasteiger partial charge in [0, 0.05) is 17.8 Å². The van der Waals surface area contributed by atoms with Gasteiger partial charge in [-0.2, -0.15) is 0 Å². The van der Waals surface area contributed by atoms with Crippen molar-refractivity contribution < 1.29 is 23.8 Å². The van der Waals surface area contributed by atoms with Crippen LogP contribution in [0.1, 0.15) is 21.5 Å². The molecule has 0 atom stereocenters. The molecule has 0 radical (unpaired) electrons. The van der Waals surface area contributed by atoms with Gasteiger partial charge < -0.3 is 19.5 Å². The minimum absolute atomic E-state index is 0.169. The third-order valence-electron chi connectivity index (χ3n) is 4.27. The first kappa shape index (κ1) is 21.2. The van der Waals surface area contributed by atoms with Crippen molar-refractivity contribution in [2.75, 3.05) is 40.2 Å². The molecule has 0 saturated carbocycles. The van der Waals surface area contributed by atoms with Gasteiger partial charge in [-0.05, 0) is 37.7 Å². The number of benzene rings is 2. The van der Waals surface area contributed by atoms with E-state index in [-0.39, 0.29) is 12.5 Å². The number of para-hydroxylation sites is 1. The molecule has 1 amide bonds. The van der Waals surface area contributed by atoms with Crippen LogP contribution in [0.15, 0.2) is 36.4 Å². The molecule has 0 spiro atoms. The summed E-state index contributed by atoms with van der Waals surface area (Å²) in [6.07, 6.45) is 0. The van der Waals surface area contributed by atoms with Crippen LogP contribution in [0.5, 0.6) is 11.5 Å². The number of methoxy groups -OCH3 is 3. The number of carbonyl (C=O) groups excluding carboxylic acids is 2. The van der Waals surface area contributed by atoms with Crippen LogP contribution in [0.3, 0.4) is 0 Å². The van der Waals surface area contributed by atoms with E-state index < -0.39 is 5.97 Å². The molecule has 0 unspecified atom stereocenters. The molecule has 1 N–H and O–H groups in total. The molecule has 0 bridgehead atoms. The lowest BCUT2D eigenvalue weighted by atomic mass is 10.1. The highest BCUT2D eigenvalue weighted by atomic mass is 16.5. The van der Waals surface area contributed by atoms with Crippen LogP contribution >= 0.6 is 0 Å². The average Bonchev–Trinajstić information content (AvgIpc) is 2.68. The van der Waals surface area contributed by atoms with E-state index in [1.54, 1.807) is 32.4 Å². The summed E-state index contributed by atoms with van der Waals surface area (Å²) in [6.45, 7) is 2.54.